The average molecular weight is 371 g/mol. The first-order chi connectivity index (χ1) is 12.7. The minimum Gasteiger partial charge on any atom is -0.481 e. The van der Waals surface area contributed by atoms with E-state index in [1.165, 1.54) is 89.9 Å². The van der Waals surface area contributed by atoms with Gasteiger partial charge in [0.05, 0.1) is 0 Å². The van der Waals surface area contributed by atoms with E-state index in [-0.39, 0.29) is 0 Å². The summed E-state index contributed by atoms with van der Waals surface area (Å²) in [5, 5.41) is 16.9. The SMILES string of the molecule is C=CCCCCCCCCCCCO.CCCCCCCCCC(=O)O. The number of aliphatic hydroxyl groups excluding tert-OH is 1. The van der Waals surface area contributed by atoms with E-state index in [2.05, 4.69) is 13.5 Å². The van der Waals surface area contributed by atoms with E-state index >= 15 is 0 Å². The third-order valence-electron chi connectivity index (χ3n) is 4.56. The van der Waals surface area contributed by atoms with E-state index in [1.807, 2.05) is 6.08 Å². The molecule has 156 valence electrons. The maximum Gasteiger partial charge on any atom is 0.303 e. The molecule has 0 aliphatic rings. The van der Waals surface area contributed by atoms with Gasteiger partial charge in [-0.2, -0.15) is 0 Å². The largest absolute Gasteiger partial charge is 0.481 e. The number of aliphatic hydroxyl groups is 1. The molecule has 3 heteroatoms. The van der Waals surface area contributed by atoms with Gasteiger partial charge >= 0.3 is 5.97 Å². The molecule has 0 aliphatic heterocycles. The molecule has 0 amide bonds. The van der Waals surface area contributed by atoms with Crippen LogP contribution in [0.5, 0.6) is 0 Å². The van der Waals surface area contributed by atoms with Gasteiger partial charge < -0.3 is 10.2 Å². The third-order valence-corrected chi connectivity index (χ3v) is 4.56. The molecule has 0 spiro atoms. The highest BCUT2D eigenvalue weighted by molar-refractivity contribution is 5.66. The highest BCUT2D eigenvalue weighted by Crippen LogP contribution is 2.10. The molecule has 0 rings (SSSR count). The summed E-state index contributed by atoms with van der Waals surface area (Å²) in [5.74, 6) is -0.663. The summed E-state index contributed by atoms with van der Waals surface area (Å²) in [6.45, 7) is 6.28. The molecule has 0 bridgehead atoms. The van der Waals surface area contributed by atoms with E-state index in [9.17, 15) is 4.79 Å². The van der Waals surface area contributed by atoms with Gasteiger partial charge in [-0.15, -0.1) is 6.58 Å². The normalized spacial score (nSPS) is 10.2. The summed E-state index contributed by atoms with van der Waals surface area (Å²) in [7, 11) is 0. The first-order valence-corrected chi connectivity index (χ1v) is 11.1. The first kappa shape index (κ1) is 27.4. The van der Waals surface area contributed by atoms with Crippen molar-refractivity contribution < 1.29 is 15.0 Å². The van der Waals surface area contributed by atoms with Crippen LogP contribution in [0.2, 0.25) is 0 Å². The smallest absolute Gasteiger partial charge is 0.303 e. The van der Waals surface area contributed by atoms with E-state index in [0.717, 1.165) is 19.3 Å². The molecule has 0 radical (unpaired) electrons. The Bertz CT molecular complexity index is 277. The first-order valence-electron chi connectivity index (χ1n) is 11.1. The van der Waals surface area contributed by atoms with Gasteiger partial charge in [-0.3, -0.25) is 4.79 Å². The number of allylic oxidation sites excluding steroid dienone is 1. The van der Waals surface area contributed by atoms with Crippen LogP contribution in [0.1, 0.15) is 122 Å². The number of aliphatic carboxylic acids is 1. The van der Waals surface area contributed by atoms with Gasteiger partial charge in [-0.25, -0.2) is 0 Å². The molecular formula is C23H46O3. The van der Waals surface area contributed by atoms with Gasteiger partial charge in [0.2, 0.25) is 0 Å². The topological polar surface area (TPSA) is 57.5 Å². The zero-order valence-electron chi connectivity index (χ0n) is 17.5. The lowest BCUT2D eigenvalue weighted by Crippen LogP contribution is -1.93. The number of hydrogen-bond donors (Lipinski definition) is 2. The van der Waals surface area contributed by atoms with Crippen molar-refractivity contribution in [3.63, 3.8) is 0 Å². The van der Waals surface area contributed by atoms with Crippen molar-refractivity contribution in [2.75, 3.05) is 6.61 Å². The molecule has 0 heterocycles. The lowest BCUT2D eigenvalue weighted by atomic mass is 10.1. The molecule has 2 N–H and O–H groups in total. The van der Waals surface area contributed by atoms with E-state index < -0.39 is 5.97 Å². The van der Waals surface area contributed by atoms with Crippen molar-refractivity contribution in [1.82, 2.24) is 0 Å². The fourth-order valence-corrected chi connectivity index (χ4v) is 2.87. The van der Waals surface area contributed by atoms with E-state index in [0.29, 0.717) is 13.0 Å². The van der Waals surface area contributed by atoms with Gasteiger partial charge in [-0.1, -0.05) is 96.5 Å². The highest BCUT2D eigenvalue weighted by Gasteiger charge is 1.95. The van der Waals surface area contributed by atoms with Crippen molar-refractivity contribution in [3.8, 4) is 0 Å². The Labute approximate surface area is 163 Å². The van der Waals surface area contributed by atoms with Crippen LogP contribution in [-0.4, -0.2) is 22.8 Å². The molecule has 0 fully saturated rings. The minimum absolute atomic E-state index is 0.341. The van der Waals surface area contributed by atoms with Crippen LogP contribution in [0.15, 0.2) is 12.7 Å². The zero-order chi connectivity index (χ0) is 19.7. The Balaban J connectivity index is 0. The Hall–Kier alpha value is -0.830. The van der Waals surface area contributed by atoms with Crippen molar-refractivity contribution in [1.29, 1.82) is 0 Å². The second kappa shape index (κ2) is 26.4. The second-order valence-electron chi connectivity index (χ2n) is 7.25. The van der Waals surface area contributed by atoms with Crippen molar-refractivity contribution in [3.05, 3.63) is 12.7 Å². The van der Waals surface area contributed by atoms with Gasteiger partial charge in [0.25, 0.3) is 0 Å². The van der Waals surface area contributed by atoms with Crippen LogP contribution >= 0.6 is 0 Å². The Morgan fingerprint density at radius 3 is 1.58 bits per heavy atom. The van der Waals surface area contributed by atoms with Gasteiger partial charge in [-0.05, 0) is 25.7 Å². The predicted octanol–water partition coefficient (Wildman–Crippen LogP) is 7.28. The molecule has 0 saturated heterocycles. The molecule has 3 nitrogen and oxygen atoms in total. The molecule has 0 aliphatic carbocycles. The minimum atomic E-state index is -0.663. The van der Waals surface area contributed by atoms with E-state index in [4.69, 9.17) is 10.2 Å². The predicted molar refractivity (Wildman–Crippen MR) is 114 cm³/mol. The molecule has 0 atom stereocenters. The molecule has 0 aromatic heterocycles. The number of unbranched alkanes of at least 4 members (excludes halogenated alkanes) is 15. The molecule has 0 aromatic rings. The van der Waals surface area contributed by atoms with Gasteiger partial charge in [0.15, 0.2) is 0 Å². The summed E-state index contributed by atoms with van der Waals surface area (Å²) in [4.78, 5) is 10.1. The fourth-order valence-electron chi connectivity index (χ4n) is 2.87. The van der Waals surface area contributed by atoms with Crippen LogP contribution in [-0.2, 0) is 4.79 Å². The maximum atomic E-state index is 10.1. The van der Waals surface area contributed by atoms with Gasteiger partial charge in [0.1, 0.15) is 0 Å². The third kappa shape index (κ3) is 31.0. The summed E-state index contributed by atoms with van der Waals surface area (Å²) < 4.78 is 0. The number of hydrogen-bond acceptors (Lipinski definition) is 2. The summed E-state index contributed by atoms with van der Waals surface area (Å²) in [6, 6.07) is 0. The quantitative estimate of drug-likeness (QED) is 0.185. The van der Waals surface area contributed by atoms with Crippen LogP contribution in [0, 0.1) is 0 Å². The summed E-state index contributed by atoms with van der Waals surface area (Å²) >= 11 is 0. The summed E-state index contributed by atoms with van der Waals surface area (Å²) in [5.41, 5.74) is 0. The van der Waals surface area contributed by atoms with Crippen LogP contribution in [0.3, 0.4) is 0 Å². The lowest BCUT2D eigenvalue weighted by Gasteiger charge is -2.00. The molecular weight excluding hydrogens is 324 g/mol. The lowest BCUT2D eigenvalue weighted by molar-refractivity contribution is -0.137. The molecule has 0 unspecified atom stereocenters. The maximum absolute atomic E-state index is 10.1. The van der Waals surface area contributed by atoms with Crippen molar-refractivity contribution >= 4 is 5.97 Å². The second-order valence-corrected chi connectivity index (χ2v) is 7.25. The van der Waals surface area contributed by atoms with Crippen molar-refractivity contribution in [2.45, 2.75) is 122 Å². The number of rotatable bonds is 19. The monoisotopic (exact) mass is 370 g/mol. The van der Waals surface area contributed by atoms with E-state index in [1.54, 1.807) is 0 Å². The Kier molecular flexibility index (Phi) is 27.8. The molecule has 26 heavy (non-hydrogen) atoms. The number of carboxylic acids is 1. The highest BCUT2D eigenvalue weighted by atomic mass is 16.4. The molecule has 0 saturated carbocycles. The average Bonchev–Trinajstić information content (AvgIpc) is 2.63. The zero-order valence-corrected chi connectivity index (χ0v) is 17.5. The Morgan fingerprint density at radius 2 is 1.15 bits per heavy atom. The van der Waals surface area contributed by atoms with Crippen molar-refractivity contribution in [2.24, 2.45) is 0 Å². The number of carboxylic acid groups (broad SMARTS) is 1. The van der Waals surface area contributed by atoms with Crippen LogP contribution in [0.4, 0.5) is 0 Å². The summed E-state index contributed by atoms with van der Waals surface area (Å²) in [6.07, 6.45) is 23.5. The Morgan fingerprint density at radius 1 is 0.731 bits per heavy atom. The van der Waals surface area contributed by atoms with Crippen LogP contribution < -0.4 is 0 Å². The van der Waals surface area contributed by atoms with Crippen LogP contribution in [0.25, 0.3) is 0 Å². The number of carbonyl (C=O) groups is 1. The fraction of sp³-hybridized carbons (Fsp3) is 0.870. The molecule has 0 aromatic carbocycles. The van der Waals surface area contributed by atoms with Gasteiger partial charge in [0, 0.05) is 13.0 Å². The standard InChI is InChI=1S/C13H26O.C10H20O2/c1-2-3-4-5-6-7-8-9-10-11-12-13-14;1-2-3-4-5-6-7-8-9-10(11)12/h2,14H,1,3-13H2;2-9H2,1H3,(H,11,12).